The van der Waals surface area contributed by atoms with E-state index in [9.17, 15) is 18.4 Å². The van der Waals surface area contributed by atoms with Gasteiger partial charge in [0.1, 0.15) is 22.7 Å². The Balaban J connectivity index is 0.000000177. The Morgan fingerprint density at radius 1 is 0.517 bits per heavy atom. The van der Waals surface area contributed by atoms with Gasteiger partial charge in [-0.2, -0.15) is 0 Å². The van der Waals surface area contributed by atoms with Gasteiger partial charge in [0, 0.05) is 24.2 Å². The van der Waals surface area contributed by atoms with Crippen molar-refractivity contribution in [3.8, 4) is 22.9 Å². The first kappa shape index (κ1) is 40.4. The highest BCUT2D eigenvalue weighted by molar-refractivity contribution is 6.39. The van der Waals surface area contributed by atoms with E-state index in [1.165, 1.54) is 24.3 Å². The van der Waals surface area contributed by atoms with Gasteiger partial charge in [-0.05, 0) is 109 Å². The molecule has 8 aromatic rings. The standard InChI is InChI=1S/2C22H15Cl2FN2O2/c23-16-5-2-6-17(24)20(16)22-27-18-8-7-14(12-19(18)29-22)21(28)26-10-9-13-3-1-4-15(25)11-13;23-16-2-1-3-17(24)20(16)22-27-18-9-6-14(12-19(18)29-22)21(28)26-11-10-13-4-7-15(25)8-5-13/h1-8,11-12H,9-10H2,(H,26,28);1-9,12H,10-11H2,(H,26,28). The summed E-state index contributed by atoms with van der Waals surface area (Å²) in [5.74, 6) is -0.474. The van der Waals surface area contributed by atoms with Gasteiger partial charge in [0.25, 0.3) is 11.8 Å². The molecular formula is C44H30Cl4F2N4O4. The summed E-state index contributed by atoms with van der Waals surface area (Å²) in [6.07, 6.45) is 1.13. The number of rotatable bonds is 10. The normalized spacial score (nSPS) is 11.0. The van der Waals surface area contributed by atoms with E-state index in [2.05, 4.69) is 20.6 Å². The molecule has 2 amide bonds. The van der Waals surface area contributed by atoms with Gasteiger partial charge in [-0.25, -0.2) is 18.7 Å². The third kappa shape index (κ3) is 9.66. The molecule has 0 aliphatic heterocycles. The van der Waals surface area contributed by atoms with Crippen molar-refractivity contribution in [3.05, 3.63) is 175 Å². The quantitative estimate of drug-likeness (QED) is 0.142. The minimum absolute atomic E-state index is 0.234. The van der Waals surface area contributed by atoms with Gasteiger partial charge in [0.2, 0.25) is 11.8 Å². The Kier molecular flexibility index (Phi) is 12.7. The summed E-state index contributed by atoms with van der Waals surface area (Å²) < 4.78 is 37.8. The molecule has 0 saturated carbocycles. The Morgan fingerprint density at radius 2 is 0.966 bits per heavy atom. The number of oxazole rings is 2. The van der Waals surface area contributed by atoms with E-state index in [0.29, 0.717) is 102 Å². The molecule has 2 heterocycles. The number of fused-ring (bicyclic) bond motifs is 2. The van der Waals surface area contributed by atoms with Crippen LogP contribution in [0.2, 0.25) is 20.1 Å². The van der Waals surface area contributed by atoms with Crippen LogP contribution in [0.4, 0.5) is 8.78 Å². The molecule has 0 spiro atoms. The fraction of sp³-hybridized carbons (Fsp3) is 0.0909. The lowest BCUT2D eigenvalue weighted by Crippen LogP contribution is -2.25. The van der Waals surface area contributed by atoms with Crippen LogP contribution < -0.4 is 10.6 Å². The first-order valence-corrected chi connectivity index (χ1v) is 19.3. The number of hydrogen-bond donors (Lipinski definition) is 2. The number of carbonyl (C=O) groups excluding carboxylic acids is 2. The maximum absolute atomic E-state index is 13.2. The molecule has 0 bridgehead atoms. The number of hydrogen-bond acceptors (Lipinski definition) is 6. The number of aromatic nitrogens is 2. The first-order chi connectivity index (χ1) is 28.0. The maximum atomic E-state index is 13.2. The Labute approximate surface area is 350 Å². The van der Waals surface area contributed by atoms with E-state index in [-0.39, 0.29) is 23.4 Å². The third-order valence-corrected chi connectivity index (χ3v) is 10.1. The van der Waals surface area contributed by atoms with E-state index in [4.69, 9.17) is 55.2 Å². The minimum Gasteiger partial charge on any atom is -0.436 e. The molecule has 58 heavy (non-hydrogen) atoms. The smallest absolute Gasteiger partial charge is 0.251 e. The Bertz CT molecular complexity index is 2730. The van der Waals surface area contributed by atoms with Crippen molar-refractivity contribution < 1.29 is 27.2 Å². The predicted molar refractivity (Wildman–Crippen MR) is 224 cm³/mol. The molecule has 2 N–H and O–H groups in total. The van der Waals surface area contributed by atoms with Gasteiger partial charge in [0.05, 0.1) is 31.2 Å². The summed E-state index contributed by atoms with van der Waals surface area (Å²) in [6.45, 7) is 0.816. The average molecular weight is 859 g/mol. The van der Waals surface area contributed by atoms with Crippen LogP contribution in [-0.2, 0) is 12.8 Å². The number of nitrogens with zero attached hydrogens (tertiary/aromatic N) is 2. The fourth-order valence-electron chi connectivity index (χ4n) is 5.94. The topological polar surface area (TPSA) is 110 Å². The van der Waals surface area contributed by atoms with E-state index in [1.807, 2.05) is 6.07 Å². The van der Waals surface area contributed by atoms with Crippen LogP contribution in [0.1, 0.15) is 31.8 Å². The molecule has 0 atom stereocenters. The predicted octanol–water partition coefficient (Wildman–Crippen LogP) is 11.8. The third-order valence-electron chi connectivity index (χ3n) is 8.86. The molecule has 0 unspecified atom stereocenters. The first-order valence-electron chi connectivity index (χ1n) is 17.8. The van der Waals surface area contributed by atoms with E-state index < -0.39 is 0 Å². The summed E-state index contributed by atoms with van der Waals surface area (Å²) in [6, 6.07) is 32.8. The van der Waals surface area contributed by atoms with Gasteiger partial charge < -0.3 is 19.5 Å². The zero-order valence-corrected chi connectivity index (χ0v) is 33.2. The fourth-order valence-corrected chi connectivity index (χ4v) is 7.06. The number of carbonyl (C=O) groups is 2. The maximum Gasteiger partial charge on any atom is 0.251 e. The van der Waals surface area contributed by atoms with Crippen molar-refractivity contribution >= 4 is 80.4 Å². The molecule has 6 aromatic carbocycles. The SMILES string of the molecule is O=C(NCCc1ccc(F)cc1)c1ccc2nc(-c3c(Cl)cccc3Cl)oc2c1.O=C(NCCc1cccc(F)c1)c1ccc2nc(-c3c(Cl)cccc3Cl)oc2c1. The van der Waals surface area contributed by atoms with Crippen molar-refractivity contribution in [2.24, 2.45) is 0 Å². The van der Waals surface area contributed by atoms with Gasteiger partial charge in [-0.15, -0.1) is 0 Å². The van der Waals surface area contributed by atoms with Crippen LogP contribution in [0.25, 0.3) is 45.1 Å². The van der Waals surface area contributed by atoms with Crippen LogP contribution in [-0.4, -0.2) is 34.9 Å². The van der Waals surface area contributed by atoms with Crippen LogP contribution in [0, 0.1) is 11.6 Å². The molecule has 2 aromatic heterocycles. The van der Waals surface area contributed by atoms with Crippen molar-refractivity contribution in [2.45, 2.75) is 12.8 Å². The lowest BCUT2D eigenvalue weighted by molar-refractivity contribution is 0.0946. The van der Waals surface area contributed by atoms with Crippen molar-refractivity contribution in [1.82, 2.24) is 20.6 Å². The van der Waals surface area contributed by atoms with Gasteiger partial charge in [0.15, 0.2) is 11.2 Å². The zero-order valence-electron chi connectivity index (χ0n) is 30.2. The molecule has 14 heteroatoms. The van der Waals surface area contributed by atoms with E-state index in [0.717, 1.165) is 11.1 Å². The number of amides is 2. The van der Waals surface area contributed by atoms with Gasteiger partial charge in [-0.1, -0.05) is 82.8 Å². The molecule has 292 valence electrons. The molecule has 0 radical (unpaired) electrons. The number of benzene rings is 6. The lowest BCUT2D eigenvalue weighted by Gasteiger charge is -2.05. The molecule has 8 rings (SSSR count). The molecular weight excluding hydrogens is 828 g/mol. The number of nitrogens with one attached hydrogen (secondary N) is 2. The summed E-state index contributed by atoms with van der Waals surface area (Å²) in [5.41, 5.74) is 5.76. The lowest BCUT2D eigenvalue weighted by atomic mass is 10.1. The largest absolute Gasteiger partial charge is 0.436 e. The Morgan fingerprint density at radius 3 is 1.43 bits per heavy atom. The highest BCUT2D eigenvalue weighted by Gasteiger charge is 2.18. The van der Waals surface area contributed by atoms with Gasteiger partial charge >= 0.3 is 0 Å². The summed E-state index contributed by atoms with van der Waals surface area (Å²) in [4.78, 5) is 33.7. The molecule has 8 nitrogen and oxygen atoms in total. The highest BCUT2D eigenvalue weighted by Crippen LogP contribution is 2.37. The van der Waals surface area contributed by atoms with Crippen molar-refractivity contribution in [3.63, 3.8) is 0 Å². The monoisotopic (exact) mass is 856 g/mol. The van der Waals surface area contributed by atoms with Crippen LogP contribution >= 0.6 is 46.4 Å². The summed E-state index contributed by atoms with van der Waals surface area (Å²) in [5, 5.41) is 7.40. The van der Waals surface area contributed by atoms with Crippen LogP contribution in [0.15, 0.2) is 130 Å². The van der Waals surface area contributed by atoms with Crippen molar-refractivity contribution in [1.29, 1.82) is 0 Å². The van der Waals surface area contributed by atoms with Crippen LogP contribution in [0.3, 0.4) is 0 Å². The second-order valence-electron chi connectivity index (χ2n) is 12.9. The second-order valence-corrected chi connectivity index (χ2v) is 14.5. The van der Waals surface area contributed by atoms with Crippen LogP contribution in [0.5, 0.6) is 0 Å². The average Bonchev–Trinajstić information content (AvgIpc) is 3.82. The van der Waals surface area contributed by atoms with E-state index >= 15 is 0 Å². The van der Waals surface area contributed by atoms with E-state index in [1.54, 1.807) is 91.0 Å². The van der Waals surface area contributed by atoms with Crippen molar-refractivity contribution in [2.75, 3.05) is 13.1 Å². The van der Waals surface area contributed by atoms with Gasteiger partial charge in [-0.3, -0.25) is 9.59 Å². The molecule has 0 fully saturated rings. The Hall–Kier alpha value is -5.78. The second kappa shape index (κ2) is 18.2. The molecule has 0 saturated heterocycles. The highest BCUT2D eigenvalue weighted by atomic mass is 35.5. The molecule has 0 aliphatic carbocycles. The summed E-state index contributed by atoms with van der Waals surface area (Å²) in [7, 11) is 0. The summed E-state index contributed by atoms with van der Waals surface area (Å²) >= 11 is 24.9. The minimum atomic E-state index is -0.293. The zero-order chi connectivity index (χ0) is 40.8. The molecule has 0 aliphatic rings. The number of halogens is 6.